The quantitative estimate of drug-likeness (QED) is 0.728. The van der Waals surface area contributed by atoms with Gasteiger partial charge in [-0.2, -0.15) is 0 Å². The molecule has 2 aromatic carbocycles. The molecule has 0 unspecified atom stereocenters. The van der Waals surface area contributed by atoms with Crippen LogP contribution in [0, 0.1) is 0 Å². The number of benzene rings is 2. The molecule has 1 aliphatic rings. The zero-order chi connectivity index (χ0) is 19.2. The summed E-state index contributed by atoms with van der Waals surface area (Å²) in [6, 6.07) is 14.9. The first-order valence-electron chi connectivity index (χ1n) is 8.84. The van der Waals surface area contributed by atoms with E-state index in [1.807, 2.05) is 36.4 Å². The van der Waals surface area contributed by atoms with E-state index in [4.69, 9.17) is 5.73 Å². The third-order valence-corrected chi connectivity index (χ3v) is 4.41. The first kappa shape index (κ1) is 18.4. The van der Waals surface area contributed by atoms with Gasteiger partial charge < -0.3 is 21.3 Å². The van der Waals surface area contributed by atoms with Crippen LogP contribution in [0.2, 0.25) is 0 Å². The zero-order valence-corrected chi connectivity index (χ0v) is 14.9. The average molecular weight is 366 g/mol. The Balaban J connectivity index is 1.73. The Morgan fingerprint density at radius 3 is 2.56 bits per heavy atom. The highest BCUT2D eigenvalue weighted by atomic mass is 16.2. The molecule has 2 aromatic rings. The average Bonchev–Trinajstić information content (AvgIpc) is 3.08. The number of hydrogen-bond donors (Lipinski definition) is 3. The molecule has 4 amide bonds. The second kappa shape index (κ2) is 8.35. The molecule has 1 aliphatic heterocycles. The molecule has 4 N–H and O–H groups in total. The molecule has 0 aliphatic carbocycles. The van der Waals surface area contributed by atoms with E-state index in [1.54, 1.807) is 23.1 Å². The predicted molar refractivity (Wildman–Crippen MR) is 103 cm³/mol. The second-order valence-corrected chi connectivity index (χ2v) is 6.44. The summed E-state index contributed by atoms with van der Waals surface area (Å²) in [5, 5.41) is 5.29. The summed E-state index contributed by atoms with van der Waals surface area (Å²) in [6.07, 6.45) is 1.69. The third kappa shape index (κ3) is 4.84. The summed E-state index contributed by atoms with van der Waals surface area (Å²) in [7, 11) is 0. The number of anilines is 2. The molecule has 7 heteroatoms. The van der Waals surface area contributed by atoms with Crippen molar-refractivity contribution in [2.24, 2.45) is 5.73 Å². The van der Waals surface area contributed by atoms with Crippen LogP contribution in [-0.2, 0) is 16.0 Å². The molecule has 27 heavy (non-hydrogen) atoms. The number of carbonyl (C=O) groups is 3. The van der Waals surface area contributed by atoms with Gasteiger partial charge in [0.2, 0.25) is 11.8 Å². The first-order chi connectivity index (χ1) is 13.0. The minimum Gasteiger partial charge on any atom is -0.352 e. The fourth-order valence-electron chi connectivity index (χ4n) is 3.13. The standard InChI is InChI=1S/C20H22N4O3/c21-20(27)23-17(12-14-6-2-1-3-7-14)19(26)22-15-8-4-9-16(13-15)24-11-5-10-18(24)25/h1-4,6-9,13,17H,5,10-12H2,(H,22,26)(H3,21,23,27)/t17-/m1/s1. The van der Waals surface area contributed by atoms with Gasteiger partial charge in [-0.15, -0.1) is 0 Å². The summed E-state index contributed by atoms with van der Waals surface area (Å²) in [6.45, 7) is 0.677. The molecule has 0 aromatic heterocycles. The van der Waals surface area contributed by atoms with Crippen molar-refractivity contribution in [1.82, 2.24) is 5.32 Å². The Morgan fingerprint density at radius 1 is 1.11 bits per heavy atom. The largest absolute Gasteiger partial charge is 0.352 e. The van der Waals surface area contributed by atoms with Crippen molar-refractivity contribution in [3.63, 3.8) is 0 Å². The highest BCUT2D eigenvalue weighted by molar-refractivity contribution is 5.99. The van der Waals surface area contributed by atoms with Gasteiger partial charge in [-0.1, -0.05) is 36.4 Å². The Morgan fingerprint density at radius 2 is 1.89 bits per heavy atom. The molecule has 140 valence electrons. The molecule has 7 nitrogen and oxygen atoms in total. The Kier molecular flexibility index (Phi) is 5.71. The van der Waals surface area contributed by atoms with Gasteiger partial charge in [-0.3, -0.25) is 9.59 Å². The van der Waals surface area contributed by atoms with Crippen LogP contribution >= 0.6 is 0 Å². The maximum absolute atomic E-state index is 12.7. The fraction of sp³-hybridized carbons (Fsp3) is 0.250. The summed E-state index contributed by atoms with van der Waals surface area (Å²) in [5.41, 5.74) is 7.44. The number of nitrogens with zero attached hydrogens (tertiary/aromatic N) is 1. The van der Waals surface area contributed by atoms with Crippen LogP contribution < -0.4 is 21.3 Å². The van der Waals surface area contributed by atoms with Crippen molar-refractivity contribution in [2.75, 3.05) is 16.8 Å². The molecule has 0 radical (unpaired) electrons. The van der Waals surface area contributed by atoms with E-state index in [2.05, 4.69) is 10.6 Å². The van der Waals surface area contributed by atoms with E-state index in [9.17, 15) is 14.4 Å². The van der Waals surface area contributed by atoms with Gasteiger partial charge in [0.1, 0.15) is 6.04 Å². The van der Waals surface area contributed by atoms with E-state index < -0.39 is 12.1 Å². The number of rotatable bonds is 6. The van der Waals surface area contributed by atoms with Gasteiger partial charge in [0.15, 0.2) is 0 Å². The minimum atomic E-state index is -0.804. The topological polar surface area (TPSA) is 105 Å². The molecular formula is C20H22N4O3. The minimum absolute atomic E-state index is 0.0795. The Hall–Kier alpha value is -3.35. The molecule has 1 fully saturated rings. The normalized spacial score (nSPS) is 14.7. The first-order valence-corrected chi connectivity index (χ1v) is 8.84. The summed E-state index contributed by atoms with van der Waals surface area (Å²) in [5.74, 6) is -0.293. The highest BCUT2D eigenvalue weighted by Gasteiger charge is 2.23. The van der Waals surface area contributed by atoms with Crippen molar-refractivity contribution in [3.05, 3.63) is 60.2 Å². The number of nitrogens with two attached hydrogens (primary N) is 1. The van der Waals surface area contributed by atoms with Crippen LogP contribution in [0.15, 0.2) is 54.6 Å². The van der Waals surface area contributed by atoms with Crippen LogP contribution in [-0.4, -0.2) is 30.4 Å². The zero-order valence-electron chi connectivity index (χ0n) is 14.9. The van der Waals surface area contributed by atoms with Crippen LogP contribution in [0.1, 0.15) is 18.4 Å². The Labute approximate surface area is 157 Å². The van der Waals surface area contributed by atoms with Gasteiger partial charge in [0.05, 0.1) is 0 Å². The van der Waals surface area contributed by atoms with Crippen molar-refractivity contribution in [3.8, 4) is 0 Å². The summed E-state index contributed by atoms with van der Waals surface area (Å²) < 4.78 is 0. The number of amides is 4. The lowest BCUT2D eigenvalue weighted by atomic mass is 10.1. The van der Waals surface area contributed by atoms with Crippen molar-refractivity contribution in [1.29, 1.82) is 0 Å². The molecule has 0 spiro atoms. The van der Waals surface area contributed by atoms with E-state index in [1.165, 1.54) is 0 Å². The molecule has 0 saturated carbocycles. The number of primary amides is 1. The maximum atomic E-state index is 12.7. The molecule has 0 bridgehead atoms. The smallest absolute Gasteiger partial charge is 0.312 e. The molecule has 1 atom stereocenters. The van der Waals surface area contributed by atoms with Gasteiger partial charge >= 0.3 is 6.03 Å². The summed E-state index contributed by atoms with van der Waals surface area (Å²) >= 11 is 0. The number of nitrogens with one attached hydrogen (secondary N) is 2. The molecule has 1 heterocycles. The van der Waals surface area contributed by atoms with Crippen LogP contribution in [0.3, 0.4) is 0 Å². The summed E-state index contributed by atoms with van der Waals surface area (Å²) in [4.78, 5) is 37.6. The van der Waals surface area contributed by atoms with Gasteiger partial charge in [-0.25, -0.2) is 4.79 Å². The molecular weight excluding hydrogens is 344 g/mol. The van der Waals surface area contributed by atoms with Crippen LogP contribution in [0.4, 0.5) is 16.2 Å². The van der Waals surface area contributed by atoms with Crippen molar-refractivity contribution >= 4 is 29.2 Å². The van der Waals surface area contributed by atoms with Gasteiger partial charge in [-0.05, 0) is 30.2 Å². The van der Waals surface area contributed by atoms with Gasteiger partial charge in [0, 0.05) is 30.8 Å². The molecule has 1 saturated heterocycles. The monoisotopic (exact) mass is 366 g/mol. The lowest BCUT2D eigenvalue weighted by Gasteiger charge is -2.19. The lowest BCUT2D eigenvalue weighted by molar-refractivity contribution is -0.118. The van der Waals surface area contributed by atoms with Crippen molar-refractivity contribution < 1.29 is 14.4 Å². The molecule has 3 rings (SSSR count). The van der Waals surface area contributed by atoms with E-state index in [0.29, 0.717) is 25.1 Å². The van der Waals surface area contributed by atoms with Crippen molar-refractivity contribution in [2.45, 2.75) is 25.3 Å². The van der Waals surface area contributed by atoms with E-state index in [-0.39, 0.29) is 11.8 Å². The van der Waals surface area contributed by atoms with Crippen LogP contribution in [0.5, 0.6) is 0 Å². The number of hydrogen-bond acceptors (Lipinski definition) is 3. The number of urea groups is 1. The fourth-order valence-corrected chi connectivity index (χ4v) is 3.13. The second-order valence-electron chi connectivity index (χ2n) is 6.44. The maximum Gasteiger partial charge on any atom is 0.312 e. The Bertz CT molecular complexity index is 838. The highest BCUT2D eigenvalue weighted by Crippen LogP contribution is 2.24. The van der Waals surface area contributed by atoms with E-state index >= 15 is 0 Å². The third-order valence-electron chi connectivity index (χ3n) is 4.41. The van der Waals surface area contributed by atoms with Crippen LogP contribution in [0.25, 0.3) is 0 Å². The van der Waals surface area contributed by atoms with Gasteiger partial charge in [0.25, 0.3) is 0 Å². The SMILES string of the molecule is NC(=O)N[C@H](Cc1ccccc1)C(=O)Nc1cccc(N2CCCC2=O)c1. The number of carbonyl (C=O) groups excluding carboxylic acids is 3. The lowest BCUT2D eigenvalue weighted by Crippen LogP contribution is -2.47. The van der Waals surface area contributed by atoms with E-state index in [0.717, 1.165) is 17.7 Å². The predicted octanol–water partition coefficient (Wildman–Crippen LogP) is 2.03.